The highest BCUT2D eigenvalue weighted by atomic mass is 19.4. The van der Waals surface area contributed by atoms with Crippen molar-refractivity contribution in [2.45, 2.75) is 18.6 Å². The first-order valence-electron chi connectivity index (χ1n) is 5.71. The van der Waals surface area contributed by atoms with Crippen LogP contribution in [0.3, 0.4) is 0 Å². The lowest BCUT2D eigenvalue weighted by molar-refractivity contribution is -0.274. The molecule has 1 atom stereocenters. The van der Waals surface area contributed by atoms with Gasteiger partial charge in [0.25, 0.3) is 6.10 Å². The SMILES string of the molecule is O=C(O)OC1=Cc2cc(OC(F)(F)F)ccc2O[C@@H]1C(F)(F)F. The average Bonchev–Trinajstić information content (AvgIpc) is 2.33. The molecule has 5 nitrogen and oxygen atoms in total. The van der Waals surface area contributed by atoms with Gasteiger partial charge in [-0.1, -0.05) is 0 Å². The summed E-state index contributed by atoms with van der Waals surface area (Å²) >= 11 is 0. The summed E-state index contributed by atoms with van der Waals surface area (Å²) < 4.78 is 87.0. The Hall–Kier alpha value is -2.59. The zero-order chi connectivity index (χ0) is 17.4. The van der Waals surface area contributed by atoms with Crippen LogP contribution in [0.25, 0.3) is 6.08 Å². The Morgan fingerprint density at radius 2 is 1.83 bits per heavy atom. The molecule has 0 radical (unpaired) electrons. The fourth-order valence-electron chi connectivity index (χ4n) is 1.77. The van der Waals surface area contributed by atoms with E-state index in [4.69, 9.17) is 5.11 Å². The Morgan fingerprint density at radius 1 is 1.17 bits per heavy atom. The predicted molar refractivity (Wildman–Crippen MR) is 60.7 cm³/mol. The zero-order valence-corrected chi connectivity index (χ0v) is 10.7. The molecular formula is C12H6F6O5. The smallest absolute Gasteiger partial charge is 0.472 e. The van der Waals surface area contributed by atoms with Crippen molar-refractivity contribution in [1.29, 1.82) is 0 Å². The molecule has 0 bridgehead atoms. The summed E-state index contributed by atoms with van der Waals surface area (Å²) in [5.41, 5.74) is -0.261. The molecule has 126 valence electrons. The Morgan fingerprint density at radius 3 is 2.35 bits per heavy atom. The van der Waals surface area contributed by atoms with Crippen molar-refractivity contribution in [3.63, 3.8) is 0 Å². The maximum Gasteiger partial charge on any atom is 0.573 e. The minimum absolute atomic E-state index is 0.261. The molecule has 0 aliphatic carbocycles. The summed E-state index contributed by atoms with van der Waals surface area (Å²) in [6, 6.07) is 2.33. The first-order valence-corrected chi connectivity index (χ1v) is 5.71. The second-order valence-corrected chi connectivity index (χ2v) is 4.20. The number of alkyl halides is 6. The average molecular weight is 344 g/mol. The van der Waals surface area contributed by atoms with Gasteiger partial charge < -0.3 is 19.3 Å². The van der Waals surface area contributed by atoms with Crippen molar-refractivity contribution in [1.82, 2.24) is 0 Å². The van der Waals surface area contributed by atoms with Gasteiger partial charge in [0, 0.05) is 5.56 Å². The number of hydrogen-bond acceptors (Lipinski definition) is 4. The molecule has 23 heavy (non-hydrogen) atoms. The summed E-state index contributed by atoms with van der Waals surface area (Å²) in [5, 5.41) is 8.45. The van der Waals surface area contributed by atoms with E-state index in [1.807, 2.05) is 0 Å². The summed E-state index contributed by atoms with van der Waals surface area (Å²) in [4.78, 5) is 10.4. The van der Waals surface area contributed by atoms with Gasteiger partial charge in [-0.2, -0.15) is 13.2 Å². The number of carboxylic acid groups (broad SMARTS) is 1. The second kappa shape index (κ2) is 5.56. The number of rotatable bonds is 2. The van der Waals surface area contributed by atoms with Crippen LogP contribution in [0.1, 0.15) is 5.56 Å². The topological polar surface area (TPSA) is 65.0 Å². The van der Waals surface area contributed by atoms with E-state index in [0.29, 0.717) is 6.08 Å². The Balaban J connectivity index is 2.40. The van der Waals surface area contributed by atoms with Gasteiger partial charge in [0.2, 0.25) is 0 Å². The van der Waals surface area contributed by atoms with Crippen molar-refractivity contribution in [3.8, 4) is 11.5 Å². The van der Waals surface area contributed by atoms with Crippen LogP contribution in [0.15, 0.2) is 24.0 Å². The van der Waals surface area contributed by atoms with Crippen molar-refractivity contribution in [2.75, 3.05) is 0 Å². The van der Waals surface area contributed by atoms with Crippen LogP contribution in [0, 0.1) is 0 Å². The van der Waals surface area contributed by atoms with E-state index in [2.05, 4.69) is 14.2 Å². The van der Waals surface area contributed by atoms with Crippen LogP contribution >= 0.6 is 0 Å². The molecule has 1 N–H and O–H groups in total. The zero-order valence-electron chi connectivity index (χ0n) is 10.7. The van der Waals surface area contributed by atoms with Crippen LogP contribution in [-0.2, 0) is 4.74 Å². The highest BCUT2D eigenvalue weighted by Crippen LogP contribution is 2.39. The van der Waals surface area contributed by atoms with Gasteiger partial charge in [0.05, 0.1) is 0 Å². The molecule has 1 aliphatic rings. The van der Waals surface area contributed by atoms with Crippen LogP contribution in [0.4, 0.5) is 31.1 Å². The summed E-state index contributed by atoms with van der Waals surface area (Å²) in [6.07, 6.45) is -14.1. The predicted octanol–water partition coefficient (Wildman–Crippen LogP) is 3.94. The van der Waals surface area contributed by atoms with Crippen molar-refractivity contribution < 1.29 is 50.5 Å². The van der Waals surface area contributed by atoms with E-state index in [-0.39, 0.29) is 5.56 Å². The van der Waals surface area contributed by atoms with Crippen LogP contribution in [-0.4, -0.2) is 29.9 Å². The third kappa shape index (κ3) is 4.20. The lowest BCUT2D eigenvalue weighted by atomic mass is 10.1. The Bertz CT molecular complexity index is 648. The number of hydrogen-bond donors (Lipinski definition) is 1. The van der Waals surface area contributed by atoms with E-state index < -0.39 is 42.1 Å². The third-order valence-electron chi connectivity index (χ3n) is 2.52. The minimum atomic E-state index is -5.00. The summed E-state index contributed by atoms with van der Waals surface area (Å²) in [5.74, 6) is -2.24. The minimum Gasteiger partial charge on any atom is -0.472 e. The van der Waals surface area contributed by atoms with Gasteiger partial charge in [0.1, 0.15) is 11.5 Å². The van der Waals surface area contributed by atoms with Crippen LogP contribution in [0.2, 0.25) is 0 Å². The molecule has 0 saturated carbocycles. The molecule has 1 aromatic carbocycles. The van der Waals surface area contributed by atoms with Crippen LogP contribution in [0.5, 0.6) is 11.5 Å². The summed E-state index contributed by atoms with van der Waals surface area (Å²) in [6.45, 7) is 0. The molecule has 1 aliphatic heterocycles. The van der Waals surface area contributed by atoms with Gasteiger partial charge >= 0.3 is 18.7 Å². The van der Waals surface area contributed by atoms with E-state index in [0.717, 1.165) is 18.2 Å². The largest absolute Gasteiger partial charge is 0.573 e. The number of fused-ring (bicyclic) bond motifs is 1. The Kier molecular flexibility index (Phi) is 4.05. The van der Waals surface area contributed by atoms with Crippen molar-refractivity contribution >= 4 is 12.2 Å². The number of halogens is 6. The molecule has 0 spiro atoms. The first kappa shape index (κ1) is 16.8. The third-order valence-corrected chi connectivity index (χ3v) is 2.52. The quantitative estimate of drug-likeness (QED) is 0.650. The molecular weight excluding hydrogens is 338 g/mol. The van der Waals surface area contributed by atoms with E-state index in [1.54, 1.807) is 0 Å². The molecule has 1 heterocycles. The maximum atomic E-state index is 12.8. The Labute approximate surface area is 123 Å². The van der Waals surface area contributed by atoms with E-state index in [9.17, 15) is 31.1 Å². The van der Waals surface area contributed by atoms with Gasteiger partial charge in [-0.05, 0) is 24.3 Å². The standard InChI is InChI=1S/C12H6F6O5/c13-11(14,15)9-8(22-10(19)20)4-5-3-6(23-12(16,17)18)1-2-7(5)21-9/h1-4,9H,(H,19,20)/t9-/m0/s1. The molecule has 0 aromatic heterocycles. The molecule has 0 fully saturated rings. The monoisotopic (exact) mass is 344 g/mol. The highest BCUT2D eigenvalue weighted by Gasteiger charge is 2.48. The molecule has 0 amide bonds. The molecule has 0 saturated heterocycles. The normalized spacial score (nSPS) is 17.7. The maximum absolute atomic E-state index is 12.8. The molecule has 11 heteroatoms. The number of carbonyl (C=O) groups is 1. The molecule has 1 aromatic rings. The van der Waals surface area contributed by atoms with Gasteiger partial charge in [-0.15, -0.1) is 13.2 Å². The highest BCUT2D eigenvalue weighted by molar-refractivity contribution is 5.67. The molecule has 0 unspecified atom stereocenters. The fourth-order valence-corrected chi connectivity index (χ4v) is 1.77. The van der Waals surface area contributed by atoms with Gasteiger partial charge in [-0.25, -0.2) is 4.79 Å². The van der Waals surface area contributed by atoms with E-state index in [1.165, 1.54) is 0 Å². The van der Waals surface area contributed by atoms with Crippen LogP contribution < -0.4 is 9.47 Å². The fraction of sp³-hybridized carbons (Fsp3) is 0.250. The number of benzene rings is 1. The lowest BCUT2D eigenvalue weighted by Crippen LogP contribution is -2.39. The molecule has 2 rings (SSSR count). The van der Waals surface area contributed by atoms with E-state index >= 15 is 0 Å². The number of ether oxygens (including phenoxy) is 3. The first-order chi connectivity index (χ1) is 10.5. The van der Waals surface area contributed by atoms with Crippen molar-refractivity contribution in [2.24, 2.45) is 0 Å². The van der Waals surface area contributed by atoms with Gasteiger partial charge in [-0.3, -0.25) is 0 Å². The van der Waals surface area contributed by atoms with Crippen molar-refractivity contribution in [3.05, 3.63) is 29.5 Å². The lowest BCUT2D eigenvalue weighted by Gasteiger charge is -2.27. The second-order valence-electron chi connectivity index (χ2n) is 4.20. The summed E-state index contributed by atoms with van der Waals surface area (Å²) in [7, 11) is 0. The van der Waals surface area contributed by atoms with Gasteiger partial charge in [0.15, 0.2) is 5.76 Å².